The Hall–Kier alpha value is -7.21. The minimum absolute atomic E-state index is 0.0263. The first-order chi connectivity index (χ1) is 37.3. The van der Waals surface area contributed by atoms with Crippen molar-refractivity contribution in [3.8, 4) is 0 Å². The van der Waals surface area contributed by atoms with Gasteiger partial charge in [0.05, 0.1) is 38.0 Å². The number of carbonyl (C=O) groups excluding carboxylic acids is 9. The normalized spacial score (nSPS) is 15.0. The van der Waals surface area contributed by atoms with E-state index in [-0.39, 0.29) is 44.6 Å². The molecule has 0 bridgehead atoms. The molecule has 0 aliphatic rings. The summed E-state index contributed by atoms with van der Waals surface area (Å²) in [6.45, 7) is 6.33. The summed E-state index contributed by atoms with van der Waals surface area (Å²) < 4.78 is 0. The van der Waals surface area contributed by atoms with E-state index in [2.05, 4.69) is 57.8 Å². The lowest BCUT2D eigenvalue weighted by Crippen LogP contribution is -2.62. The SMILES string of the molecule is CSCCC(NC(=O)C(CC(C)C)NC(=O)CNC(=O)C(NC(=O)C(Cc1ccccc1)NC(=O)C(CO)NC(=O)C(CC(=O)O)NC(=O)C(NC(=O)C(CCCCN)NC(=O)C(N)Cc1cnc[nH]1)C(C)O)C(C)C)C(=O)O. The van der Waals surface area contributed by atoms with Gasteiger partial charge in [-0.1, -0.05) is 58.0 Å². The molecule has 1 heterocycles. The Morgan fingerprint density at radius 1 is 0.646 bits per heavy atom. The number of aliphatic carboxylic acids is 2. The minimum Gasteiger partial charge on any atom is -0.481 e. The molecule has 0 spiro atoms. The molecule has 2 aromatic rings. The fourth-order valence-electron chi connectivity index (χ4n) is 7.65. The van der Waals surface area contributed by atoms with Crippen molar-refractivity contribution in [1.82, 2.24) is 57.8 Å². The monoisotopic (exact) mass is 1130 g/mol. The molecule has 0 aliphatic carbocycles. The van der Waals surface area contributed by atoms with Gasteiger partial charge in [0.1, 0.15) is 48.3 Å². The Bertz CT molecular complexity index is 2330. The van der Waals surface area contributed by atoms with Crippen LogP contribution in [0.4, 0.5) is 0 Å². The first-order valence-electron chi connectivity index (χ1n) is 25.7. The number of hydrogen-bond acceptors (Lipinski definition) is 17. The topological polar surface area (TPSA) is 458 Å². The summed E-state index contributed by atoms with van der Waals surface area (Å²) in [4.78, 5) is 152. The van der Waals surface area contributed by atoms with Crippen LogP contribution in [0.25, 0.3) is 0 Å². The van der Waals surface area contributed by atoms with Gasteiger partial charge in [0.15, 0.2) is 0 Å². The maximum Gasteiger partial charge on any atom is 0.326 e. The van der Waals surface area contributed by atoms with Crippen molar-refractivity contribution >= 4 is 76.9 Å². The van der Waals surface area contributed by atoms with Crippen LogP contribution in [-0.4, -0.2) is 188 Å². The zero-order valence-electron chi connectivity index (χ0n) is 45.2. The molecule has 9 amide bonds. The third-order valence-electron chi connectivity index (χ3n) is 12.0. The van der Waals surface area contributed by atoms with Crippen LogP contribution in [0.1, 0.15) is 84.4 Å². The molecule has 440 valence electrons. The van der Waals surface area contributed by atoms with Gasteiger partial charge in [-0.25, -0.2) is 9.78 Å². The molecular formula is C50H79N13O15S. The largest absolute Gasteiger partial charge is 0.481 e. The van der Waals surface area contributed by atoms with E-state index in [1.807, 2.05) is 0 Å². The summed E-state index contributed by atoms with van der Waals surface area (Å²) in [7, 11) is 0. The number of hydrogen-bond donors (Lipinski definition) is 16. The van der Waals surface area contributed by atoms with Gasteiger partial charge in [0.2, 0.25) is 53.2 Å². The minimum atomic E-state index is -2.00. The molecule has 1 aromatic carbocycles. The number of rotatable bonds is 37. The van der Waals surface area contributed by atoms with E-state index in [1.54, 1.807) is 64.3 Å². The predicted molar refractivity (Wildman–Crippen MR) is 288 cm³/mol. The number of thioether (sulfide) groups is 1. The first kappa shape index (κ1) is 67.9. The number of unbranched alkanes of at least 4 members (excludes halogenated alkanes) is 1. The Labute approximate surface area is 462 Å². The van der Waals surface area contributed by atoms with Gasteiger partial charge in [-0.05, 0) is 75.0 Å². The lowest BCUT2D eigenvalue weighted by Gasteiger charge is -2.28. The third kappa shape index (κ3) is 25.0. The van der Waals surface area contributed by atoms with Crippen LogP contribution in [0.5, 0.6) is 0 Å². The number of carboxylic acid groups (broad SMARTS) is 2. The lowest BCUT2D eigenvalue weighted by molar-refractivity contribution is -0.142. The van der Waals surface area contributed by atoms with E-state index >= 15 is 0 Å². The standard InChI is InChI=1S/C50H79N13O15S/c1-26(2)18-34(44(71)58-33(50(77)78)15-17-79-6)56-38(66)23-54-48(75)40(27(3)4)62-46(73)35(19-29-12-8-7-9-13-29)59-47(74)37(24-64)61-45(72)36(21-39(67)68)60-49(76)41(28(5)65)63-43(70)32(14-10-11-16-51)57-42(69)31(52)20-30-22-53-25-55-30/h7-9,12-13,22,25-28,31-37,40-41,64-65H,10-11,14-21,23-24,51-52H2,1-6H3,(H,53,55)(H,54,75)(H,56,66)(H,57,69)(H,58,71)(H,59,74)(H,60,76)(H,61,72)(H,62,73)(H,63,70)(H,67,68)(H,77,78). The Morgan fingerprint density at radius 3 is 1.77 bits per heavy atom. The van der Waals surface area contributed by atoms with Crippen LogP contribution in [0.2, 0.25) is 0 Å². The Kier molecular flexibility index (Phi) is 30.4. The fraction of sp³-hybridized carbons (Fsp3) is 0.600. The van der Waals surface area contributed by atoms with Crippen molar-refractivity contribution in [3.05, 3.63) is 54.1 Å². The number of carboxylic acids is 2. The molecule has 0 saturated carbocycles. The van der Waals surface area contributed by atoms with E-state index in [0.717, 1.165) is 6.92 Å². The van der Waals surface area contributed by atoms with Crippen LogP contribution >= 0.6 is 11.8 Å². The number of aliphatic hydroxyl groups excluding tert-OH is 2. The fourth-order valence-corrected chi connectivity index (χ4v) is 8.12. The van der Waals surface area contributed by atoms with Gasteiger partial charge < -0.3 is 84.7 Å². The highest BCUT2D eigenvalue weighted by atomic mass is 32.2. The molecule has 0 fully saturated rings. The van der Waals surface area contributed by atoms with E-state index in [1.165, 1.54) is 24.3 Å². The number of amides is 9. The molecule has 2 rings (SSSR count). The maximum atomic E-state index is 14.1. The summed E-state index contributed by atoms with van der Waals surface area (Å²) in [5.41, 5.74) is 12.7. The summed E-state index contributed by atoms with van der Waals surface area (Å²) in [6.07, 6.45) is 2.77. The van der Waals surface area contributed by atoms with Crippen LogP contribution in [0.3, 0.4) is 0 Å². The molecule has 0 radical (unpaired) electrons. The third-order valence-corrected chi connectivity index (χ3v) is 12.6. The van der Waals surface area contributed by atoms with Crippen LogP contribution in [0, 0.1) is 11.8 Å². The van der Waals surface area contributed by atoms with Gasteiger partial charge in [0.25, 0.3) is 0 Å². The predicted octanol–water partition coefficient (Wildman–Crippen LogP) is -3.97. The van der Waals surface area contributed by atoms with Crippen LogP contribution in [-0.2, 0) is 65.6 Å². The van der Waals surface area contributed by atoms with Gasteiger partial charge in [-0.15, -0.1) is 0 Å². The van der Waals surface area contributed by atoms with E-state index < -0.39 is 151 Å². The molecule has 79 heavy (non-hydrogen) atoms. The van der Waals surface area contributed by atoms with Crippen molar-refractivity contribution < 1.29 is 73.2 Å². The number of nitrogens with zero attached hydrogens (tertiary/aromatic N) is 1. The Morgan fingerprint density at radius 2 is 1.22 bits per heavy atom. The zero-order chi connectivity index (χ0) is 59.4. The van der Waals surface area contributed by atoms with E-state index in [9.17, 15) is 73.2 Å². The molecule has 0 saturated heterocycles. The van der Waals surface area contributed by atoms with Crippen LogP contribution in [0.15, 0.2) is 42.9 Å². The van der Waals surface area contributed by atoms with E-state index in [4.69, 9.17) is 11.5 Å². The van der Waals surface area contributed by atoms with Crippen molar-refractivity contribution in [2.75, 3.05) is 31.7 Å². The number of carbonyl (C=O) groups is 11. The number of nitrogens with two attached hydrogens (primary N) is 2. The van der Waals surface area contributed by atoms with Crippen molar-refractivity contribution in [3.63, 3.8) is 0 Å². The quantitative estimate of drug-likeness (QED) is 0.0287. The second kappa shape index (κ2) is 35.3. The first-order valence-corrected chi connectivity index (χ1v) is 27.1. The van der Waals surface area contributed by atoms with Crippen molar-refractivity contribution in [2.45, 2.75) is 146 Å². The summed E-state index contributed by atoms with van der Waals surface area (Å²) in [5.74, 6) is -11.9. The number of benzene rings is 1. The zero-order valence-corrected chi connectivity index (χ0v) is 46.1. The summed E-state index contributed by atoms with van der Waals surface area (Å²) in [6, 6.07) is -5.13. The summed E-state index contributed by atoms with van der Waals surface area (Å²) >= 11 is 1.39. The number of nitrogens with one attached hydrogen (secondary N) is 10. The number of aliphatic hydroxyl groups is 2. The molecule has 0 aliphatic heterocycles. The number of imidazole rings is 1. The smallest absolute Gasteiger partial charge is 0.326 e. The average molecular weight is 1130 g/mol. The molecule has 29 heteroatoms. The molecule has 18 N–H and O–H groups in total. The van der Waals surface area contributed by atoms with Crippen molar-refractivity contribution in [2.24, 2.45) is 23.3 Å². The lowest BCUT2D eigenvalue weighted by atomic mass is 10.0. The highest BCUT2D eigenvalue weighted by molar-refractivity contribution is 7.98. The van der Waals surface area contributed by atoms with Gasteiger partial charge in [-0.3, -0.25) is 47.9 Å². The second-order valence-corrected chi connectivity index (χ2v) is 20.5. The van der Waals surface area contributed by atoms with Gasteiger partial charge >= 0.3 is 11.9 Å². The molecule has 10 atom stereocenters. The molecular weight excluding hydrogens is 1050 g/mol. The maximum absolute atomic E-state index is 14.1. The van der Waals surface area contributed by atoms with Gasteiger partial charge in [-0.2, -0.15) is 11.8 Å². The van der Waals surface area contributed by atoms with Crippen molar-refractivity contribution in [1.29, 1.82) is 0 Å². The molecule has 1 aromatic heterocycles. The average Bonchev–Trinajstić information content (AvgIpc) is 3.90. The second-order valence-electron chi connectivity index (χ2n) is 19.5. The van der Waals surface area contributed by atoms with Gasteiger partial charge in [0, 0.05) is 24.7 Å². The summed E-state index contributed by atoms with van der Waals surface area (Å²) in [5, 5.41) is 61.9. The number of aromatic nitrogens is 2. The van der Waals surface area contributed by atoms with E-state index in [0.29, 0.717) is 29.9 Å². The molecule has 28 nitrogen and oxygen atoms in total. The number of H-pyrrole nitrogens is 1. The number of aromatic amines is 1. The highest BCUT2D eigenvalue weighted by Crippen LogP contribution is 2.11. The molecule has 10 unspecified atom stereocenters. The highest BCUT2D eigenvalue weighted by Gasteiger charge is 2.37. The van der Waals surface area contributed by atoms with Crippen LogP contribution < -0.4 is 59.3 Å². The Balaban J connectivity index is 2.27.